The molecule has 40 heavy (non-hydrogen) atoms. The van der Waals surface area contributed by atoms with E-state index < -0.39 is 0 Å². The summed E-state index contributed by atoms with van der Waals surface area (Å²) in [5.74, 6) is 1.26. The van der Waals surface area contributed by atoms with E-state index in [1.54, 1.807) is 0 Å². The minimum Gasteiger partial charge on any atom is -0.484 e. The Morgan fingerprint density at radius 1 is 0.725 bits per heavy atom. The molecule has 0 radical (unpaired) electrons. The van der Waals surface area contributed by atoms with Gasteiger partial charge in [-0.25, -0.2) is 0 Å². The molecular formula is C38H29NO. The largest absolute Gasteiger partial charge is 0.484 e. The topological polar surface area (TPSA) is 12.5 Å². The van der Waals surface area contributed by atoms with Crippen molar-refractivity contribution in [3.63, 3.8) is 0 Å². The first-order chi connectivity index (χ1) is 19.8. The summed E-state index contributed by atoms with van der Waals surface area (Å²) in [5.41, 5.74) is 9.96. The first-order valence-electron chi connectivity index (χ1n) is 14.2. The monoisotopic (exact) mass is 515 g/mol. The molecule has 0 saturated carbocycles. The van der Waals surface area contributed by atoms with Gasteiger partial charge in [-0.05, 0) is 76.7 Å². The molecule has 2 heteroatoms. The van der Waals surface area contributed by atoms with Crippen LogP contribution in [0.4, 0.5) is 11.4 Å². The third-order valence-corrected chi connectivity index (χ3v) is 8.47. The van der Waals surface area contributed by atoms with Gasteiger partial charge in [0.15, 0.2) is 0 Å². The van der Waals surface area contributed by atoms with Crippen molar-refractivity contribution < 1.29 is 4.74 Å². The van der Waals surface area contributed by atoms with Crippen LogP contribution in [-0.4, -0.2) is 0 Å². The second kappa shape index (κ2) is 9.43. The van der Waals surface area contributed by atoms with E-state index in [9.17, 15) is 0 Å². The number of fused-ring (bicyclic) bond motifs is 7. The van der Waals surface area contributed by atoms with Crippen LogP contribution in [0, 0.1) is 0 Å². The lowest BCUT2D eigenvalue weighted by Crippen LogP contribution is -2.17. The number of anilines is 2. The fraction of sp³-hybridized carbons (Fsp3) is 0.105. The minimum atomic E-state index is 0.0137. The van der Waals surface area contributed by atoms with E-state index in [0.717, 1.165) is 18.6 Å². The van der Waals surface area contributed by atoms with Gasteiger partial charge in [0.2, 0.25) is 0 Å². The number of allylic oxidation sites excluding steroid dienone is 4. The van der Waals surface area contributed by atoms with Crippen LogP contribution in [-0.2, 0) is 0 Å². The Morgan fingerprint density at radius 3 is 2.38 bits per heavy atom. The third kappa shape index (κ3) is 3.79. The van der Waals surface area contributed by atoms with Crippen molar-refractivity contribution in [3.05, 3.63) is 156 Å². The molecule has 0 aromatic heterocycles. The van der Waals surface area contributed by atoms with Crippen LogP contribution >= 0.6 is 0 Å². The predicted molar refractivity (Wildman–Crippen MR) is 166 cm³/mol. The molecule has 0 bridgehead atoms. The highest BCUT2D eigenvalue weighted by atomic mass is 16.5. The SMILES string of the molecule is C1=CCCC(N(c2ccc(-c3ccccc3)cc2)c2ccc3c4c(ccc3c2)C=CC2c3ccccc3OC42)=C1. The van der Waals surface area contributed by atoms with Crippen molar-refractivity contribution in [2.24, 2.45) is 0 Å². The number of hydrogen-bond donors (Lipinski definition) is 0. The zero-order chi connectivity index (χ0) is 26.5. The molecule has 3 aliphatic rings. The summed E-state index contributed by atoms with van der Waals surface area (Å²) in [4.78, 5) is 2.42. The molecule has 5 aromatic carbocycles. The van der Waals surface area contributed by atoms with Gasteiger partial charge >= 0.3 is 0 Å². The van der Waals surface area contributed by atoms with Gasteiger partial charge < -0.3 is 9.64 Å². The van der Waals surface area contributed by atoms with Crippen molar-refractivity contribution in [3.8, 4) is 16.9 Å². The normalized spacial score (nSPS) is 18.4. The quantitative estimate of drug-likeness (QED) is 0.236. The Morgan fingerprint density at radius 2 is 1.52 bits per heavy atom. The van der Waals surface area contributed by atoms with Crippen LogP contribution in [0.3, 0.4) is 0 Å². The molecule has 1 aliphatic heterocycles. The Kier molecular flexibility index (Phi) is 5.44. The van der Waals surface area contributed by atoms with Crippen LogP contribution < -0.4 is 9.64 Å². The molecule has 192 valence electrons. The van der Waals surface area contributed by atoms with Crippen molar-refractivity contribution >= 4 is 28.2 Å². The summed E-state index contributed by atoms with van der Waals surface area (Å²) in [5, 5.41) is 2.51. The number of benzene rings is 5. The fourth-order valence-corrected chi connectivity index (χ4v) is 6.54. The fourth-order valence-electron chi connectivity index (χ4n) is 6.54. The first-order valence-corrected chi connectivity index (χ1v) is 14.2. The smallest absolute Gasteiger partial charge is 0.135 e. The molecule has 0 N–H and O–H groups in total. The lowest BCUT2D eigenvalue weighted by atomic mass is 9.82. The summed E-state index contributed by atoms with van der Waals surface area (Å²) >= 11 is 0. The lowest BCUT2D eigenvalue weighted by molar-refractivity contribution is 0.225. The molecule has 8 rings (SSSR count). The maximum absolute atomic E-state index is 6.56. The van der Waals surface area contributed by atoms with Gasteiger partial charge in [-0.3, -0.25) is 0 Å². The summed E-state index contributed by atoms with van der Waals surface area (Å²) in [7, 11) is 0. The van der Waals surface area contributed by atoms with E-state index in [0.29, 0.717) is 0 Å². The second-order valence-electron chi connectivity index (χ2n) is 10.8. The van der Waals surface area contributed by atoms with Crippen molar-refractivity contribution in [2.45, 2.75) is 24.9 Å². The maximum atomic E-state index is 6.56. The van der Waals surface area contributed by atoms with Gasteiger partial charge in [0, 0.05) is 34.1 Å². The molecule has 2 nitrogen and oxygen atoms in total. The zero-order valence-electron chi connectivity index (χ0n) is 22.2. The van der Waals surface area contributed by atoms with Gasteiger partial charge in [-0.15, -0.1) is 0 Å². The maximum Gasteiger partial charge on any atom is 0.135 e. The molecule has 1 heterocycles. The van der Waals surface area contributed by atoms with E-state index >= 15 is 0 Å². The average Bonchev–Trinajstić information content (AvgIpc) is 3.41. The summed E-state index contributed by atoms with van der Waals surface area (Å²) < 4.78 is 6.56. The van der Waals surface area contributed by atoms with Gasteiger partial charge in [0.25, 0.3) is 0 Å². The summed E-state index contributed by atoms with van der Waals surface area (Å²) in [6.07, 6.45) is 13.3. The Bertz CT molecular complexity index is 1830. The van der Waals surface area contributed by atoms with E-state index in [1.807, 2.05) is 0 Å². The standard InChI is InChI=1S/C38H29NO/c1-3-9-26(10-4-1)27-17-20-31(21-18-27)39(30-11-5-2-6-12-30)32-22-24-33-29(25-32)16-15-28-19-23-35-34-13-7-8-14-36(34)40-38(35)37(28)33/h1-5,7-11,13-25,35,38H,6,12H2. The number of nitrogens with zero attached hydrogens (tertiary/aromatic N) is 1. The molecule has 0 fully saturated rings. The zero-order valence-corrected chi connectivity index (χ0v) is 22.2. The Hall–Kier alpha value is -4.82. The highest BCUT2D eigenvalue weighted by molar-refractivity contribution is 5.94. The van der Waals surface area contributed by atoms with Gasteiger partial charge in [0.05, 0.1) is 0 Å². The number of para-hydroxylation sites is 1. The first kappa shape index (κ1) is 23.1. The molecule has 0 spiro atoms. The number of hydrogen-bond acceptors (Lipinski definition) is 2. The lowest BCUT2D eigenvalue weighted by Gasteiger charge is -2.30. The van der Waals surface area contributed by atoms with E-state index in [1.165, 1.54) is 55.7 Å². The minimum absolute atomic E-state index is 0.0137. The second-order valence-corrected chi connectivity index (χ2v) is 10.8. The Balaban J connectivity index is 1.21. The van der Waals surface area contributed by atoms with Gasteiger partial charge in [-0.1, -0.05) is 103 Å². The van der Waals surface area contributed by atoms with Crippen LogP contribution in [0.2, 0.25) is 0 Å². The number of ether oxygens (including phenoxy) is 1. The van der Waals surface area contributed by atoms with Crippen LogP contribution in [0.1, 0.15) is 41.6 Å². The molecule has 0 amide bonds. The highest BCUT2D eigenvalue weighted by Crippen LogP contribution is 2.52. The molecule has 2 aliphatic carbocycles. The van der Waals surface area contributed by atoms with Crippen LogP contribution in [0.15, 0.2) is 139 Å². The van der Waals surface area contributed by atoms with Crippen LogP contribution in [0.25, 0.3) is 28.0 Å². The molecular weight excluding hydrogens is 486 g/mol. The number of rotatable bonds is 4. The van der Waals surface area contributed by atoms with Gasteiger partial charge in [-0.2, -0.15) is 0 Å². The highest BCUT2D eigenvalue weighted by Gasteiger charge is 2.37. The summed E-state index contributed by atoms with van der Waals surface area (Å²) in [6.45, 7) is 0. The van der Waals surface area contributed by atoms with Crippen molar-refractivity contribution in [2.75, 3.05) is 4.90 Å². The molecule has 5 aromatic rings. The average molecular weight is 516 g/mol. The predicted octanol–water partition coefficient (Wildman–Crippen LogP) is 10.1. The van der Waals surface area contributed by atoms with E-state index in [2.05, 4.69) is 144 Å². The molecule has 2 atom stereocenters. The summed E-state index contributed by atoms with van der Waals surface area (Å²) in [6, 6.07) is 39.4. The van der Waals surface area contributed by atoms with E-state index in [-0.39, 0.29) is 12.0 Å². The van der Waals surface area contributed by atoms with Crippen LogP contribution in [0.5, 0.6) is 5.75 Å². The van der Waals surface area contributed by atoms with Crippen molar-refractivity contribution in [1.82, 2.24) is 0 Å². The van der Waals surface area contributed by atoms with Gasteiger partial charge in [0.1, 0.15) is 11.9 Å². The van der Waals surface area contributed by atoms with Crippen molar-refractivity contribution in [1.29, 1.82) is 0 Å². The Labute approximate surface area is 235 Å². The molecule has 0 saturated heterocycles. The molecule has 2 unspecified atom stereocenters. The third-order valence-electron chi connectivity index (χ3n) is 8.47. The van der Waals surface area contributed by atoms with E-state index in [4.69, 9.17) is 4.74 Å².